The van der Waals surface area contributed by atoms with Crippen molar-refractivity contribution in [1.29, 1.82) is 0 Å². The van der Waals surface area contributed by atoms with Gasteiger partial charge < -0.3 is 5.32 Å². The number of hydrogen-bond donors (Lipinski definition) is 1. The molecule has 0 spiro atoms. The van der Waals surface area contributed by atoms with E-state index in [-0.39, 0.29) is 0 Å². The van der Waals surface area contributed by atoms with Crippen molar-refractivity contribution in [1.82, 2.24) is 10.2 Å². The molecule has 0 saturated heterocycles. The quantitative estimate of drug-likeness (QED) is 0.554. The van der Waals surface area contributed by atoms with Gasteiger partial charge in [-0.15, -0.1) is 10.2 Å². The van der Waals surface area contributed by atoms with Gasteiger partial charge in [-0.3, -0.25) is 0 Å². The normalized spacial score (nSPS) is 10.7. The molecule has 3 heteroatoms. The Kier molecular flexibility index (Phi) is 3.67. The van der Waals surface area contributed by atoms with Crippen LogP contribution < -0.4 is 5.32 Å². The summed E-state index contributed by atoms with van der Waals surface area (Å²) >= 11 is 0. The largest absolute Gasteiger partial charge is 0.338 e. The molecule has 0 bridgehead atoms. The number of aromatic nitrogens is 2. The Morgan fingerprint density at radius 1 is 0.708 bits per heavy atom. The third kappa shape index (κ3) is 2.61. The van der Waals surface area contributed by atoms with Gasteiger partial charge in [-0.25, -0.2) is 0 Å². The number of rotatable bonds is 3. The lowest BCUT2D eigenvalue weighted by atomic mass is 10.0. The zero-order valence-corrected chi connectivity index (χ0v) is 13.4. The maximum Gasteiger partial charge on any atom is 0.161 e. The fraction of sp³-hybridized carbons (Fsp3) is 0.0476. The molecule has 3 nitrogen and oxygen atoms in total. The van der Waals surface area contributed by atoms with Gasteiger partial charge in [0, 0.05) is 16.6 Å². The van der Waals surface area contributed by atoms with Crippen LogP contribution in [-0.2, 0) is 0 Å². The Bertz CT molecular complexity index is 994. The first-order chi connectivity index (χ1) is 11.8. The number of fused-ring (bicyclic) bond motifs is 1. The Labute approximate surface area is 141 Å². The summed E-state index contributed by atoms with van der Waals surface area (Å²) in [4.78, 5) is 0. The molecule has 0 amide bonds. The molecule has 3 aromatic carbocycles. The Hall–Kier alpha value is -3.20. The summed E-state index contributed by atoms with van der Waals surface area (Å²) in [7, 11) is 0. The number of para-hydroxylation sites is 1. The lowest BCUT2D eigenvalue weighted by molar-refractivity contribution is 1.08. The van der Waals surface area contributed by atoms with Crippen LogP contribution in [0.3, 0.4) is 0 Å². The molecule has 1 N–H and O–H groups in total. The van der Waals surface area contributed by atoms with E-state index in [4.69, 9.17) is 0 Å². The molecule has 116 valence electrons. The van der Waals surface area contributed by atoms with Crippen molar-refractivity contribution in [3.8, 4) is 11.1 Å². The first-order valence-corrected chi connectivity index (χ1v) is 7.96. The fourth-order valence-corrected chi connectivity index (χ4v) is 2.88. The minimum atomic E-state index is 0.772. The molecule has 0 unspecified atom stereocenters. The van der Waals surface area contributed by atoms with Crippen molar-refractivity contribution in [3.63, 3.8) is 0 Å². The van der Waals surface area contributed by atoms with Crippen LogP contribution in [0.25, 0.3) is 22.0 Å². The first kappa shape index (κ1) is 14.4. The lowest BCUT2D eigenvalue weighted by Crippen LogP contribution is -2.01. The summed E-state index contributed by atoms with van der Waals surface area (Å²) in [5, 5.41) is 13.4. The Morgan fingerprint density at radius 2 is 1.42 bits per heavy atom. The third-order valence-electron chi connectivity index (χ3n) is 4.13. The lowest BCUT2D eigenvalue weighted by Gasteiger charge is -2.14. The van der Waals surface area contributed by atoms with Crippen LogP contribution in [0.2, 0.25) is 0 Å². The number of aryl methyl sites for hydroxylation is 1. The highest BCUT2D eigenvalue weighted by molar-refractivity contribution is 6.00. The highest BCUT2D eigenvalue weighted by Crippen LogP contribution is 2.34. The minimum absolute atomic E-state index is 0.772. The van der Waals surface area contributed by atoms with Crippen LogP contribution in [-0.4, -0.2) is 10.2 Å². The molecule has 0 saturated carbocycles. The van der Waals surface area contributed by atoms with E-state index in [0.717, 1.165) is 33.5 Å². The van der Waals surface area contributed by atoms with E-state index in [1.165, 1.54) is 5.56 Å². The molecule has 0 aliphatic carbocycles. The minimum Gasteiger partial charge on any atom is -0.338 e. The van der Waals surface area contributed by atoms with Gasteiger partial charge in [0.1, 0.15) is 0 Å². The average molecular weight is 311 g/mol. The predicted octanol–water partition coefficient (Wildman–Crippen LogP) is 5.35. The Balaban J connectivity index is 1.94. The molecular weight excluding hydrogens is 294 g/mol. The molecule has 0 aliphatic heterocycles. The topological polar surface area (TPSA) is 37.8 Å². The third-order valence-corrected chi connectivity index (χ3v) is 4.13. The molecule has 1 heterocycles. The summed E-state index contributed by atoms with van der Waals surface area (Å²) in [6.45, 7) is 2.08. The second kappa shape index (κ2) is 6.13. The van der Waals surface area contributed by atoms with Crippen LogP contribution in [0.15, 0.2) is 78.9 Å². The van der Waals surface area contributed by atoms with Gasteiger partial charge in [-0.2, -0.15) is 0 Å². The summed E-state index contributed by atoms with van der Waals surface area (Å²) in [5.74, 6) is 0.772. The van der Waals surface area contributed by atoms with E-state index >= 15 is 0 Å². The second-order valence-electron chi connectivity index (χ2n) is 5.75. The van der Waals surface area contributed by atoms with Gasteiger partial charge in [-0.1, -0.05) is 66.7 Å². The monoisotopic (exact) mass is 311 g/mol. The van der Waals surface area contributed by atoms with Crippen LogP contribution in [0.1, 0.15) is 5.56 Å². The molecule has 24 heavy (non-hydrogen) atoms. The fourth-order valence-electron chi connectivity index (χ4n) is 2.88. The van der Waals surface area contributed by atoms with Gasteiger partial charge in [0.25, 0.3) is 0 Å². The molecule has 0 atom stereocenters. The van der Waals surface area contributed by atoms with Crippen molar-refractivity contribution in [2.24, 2.45) is 0 Å². The number of benzene rings is 3. The van der Waals surface area contributed by atoms with Gasteiger partial charge in [0.05, 0.1) is 5.52 Å². The highest BCUT2D eigenvalue weighted by Gasteiger charge is 2.13. The number of nitrogens with zero attached hydrogens (tertiary/aromatic N) is 2. The van der Waals surface area contributed by atoms with Crippen LogP contribution in [0.4, 0.5) is 11.5 Å². The van der Waals surface area contributed by atoms with E-state index in [2.05, 4.69) is 52.8 Å². The molecule has 0 fully saturated rings. The van der Waals surface area contributed by atoms with Gasteiger partial charge in [0.2, 0.25) is 0 Å². The maximum absolute atomic E-state index is 4.46. The standard InChI is InChI=1S/C21H17N3/c1-15-9-5-7-13-18(15)22-21-20(16-10-3-2-4-11-16)17-12-6-8-14-19(17)23-24-21/h2-14H,1H3,(H,22,24). The molecule has 4 aromatic rings. The highest BCUT2D eigenvalue weighted by atomic mass is 15.2. The maximum atomic E-state index is 4.46. The second-order valence-corrected chi connectivity index (χ2v) is 5.75. The van der Waals surface area contributed by atoms with Crippen molar-refractivity contribution < 1.29 is 0 Å². The molecular formula is C21H17N3. The number of anilines is 2. The van der Waals surface area contributed by atoms with E-state index in [1.807, 2.05) is 48.5 Å². The van der Waals surface area contributed by atoms with Crippen molar-refractivity contribution in [2.75, 3.05) is 5.32 Å². The zero-order valence-electron chi connectivity index (χ0n) is 13.4. The molecule has 0 radical (unpaired) electrons. The number of hydrogen-bond acceptors (Lipinski definition) is 3. The summed E-state index contributed by atoms with van der Waals surface area (Å²) in [6.07, 6.45) is 0. The Morgan fingerprint density at radius 3 is 2.25 bits per heavy atom. The smallest absolute Gasteiger partial charge is 0.161 e. The van der Waals surface area contributed by atoms with E-state index < -0.39 is 0 Å². The SMILES string of the molecule is Cc1ccccc1Nc1nnc2ccccc2c1-c1ccccc1. The van der Waals surface area contributed by atoms with Crippen molar-refractivity contribution in [3.05, 3.63) is 84.4 Å². The molecule has 0 aliphatic rings. The van der Waals surface area contributed by atoms with Gasteiger partial charge in [-0.05, 0) is 30.2 Å². The van der Waals surface area contributed by atoms with E-state index in [1.54, 1.807) is 0 Å². The van der Waals surface area contributed by atoms with E-state index in [9.17, 15) is 0 Å². The number of nitrogens with one attached hydrogen (secondary N) is 1. The molecule has 1 aromatic heterocycles. The van der Waals surface area contributed by atoms with Gasteiger partial charge >= 0.3 is 0 Å². The van der Waals surface area contributed by atoms with Crippen LogP contribution in [0, 0.1) is 6.92 Å². The van der Waals surface area contributed by atoms with Crippen molar-refractivity contribution >= 4 is 22.4 Å². The predicted molar refractivity (Wildman–Crippen MR) is 99.4 cm³/mol. The summed E-state index contributed by atoms with van der Waals surface area (Å²) in [6, 6.07) is 26.6. The van der Waals surface area contributed by atoms with Crippen LogP contribution >= 0.6 is 0 Å². The summed E-state index contributed by atoms with van der Waals surface area (Å²) < 4.78 is 0. The first-order valence-electron chi connectivity index (χ1n) is 7.96. The molecule has 4 rings (SSSR count). The van der Waals surface area contributed by atoms with Crippen LogP contribution in [0.5, 0.6) is 0 Å². The van der Waals surface area contributed by atoms with Gasteiger partial charge in [0.15, 0.2) is 5.82 Å². The average Bonchev–Trinajstić information content (AvgIpc) is 2.64. The van der Waals surface area contributed by atoms with Crippen molar-refractivity contribution in [2.45, 2.75) is 6.92 Å². The summed E-state index contributed by atoms with van der Waals surface area (Å²) in [5.41, 5.74) is 5.31. The zero-order chi connectivity index (χ0) is 16.4. The van der Waals surface area contributed by atoms with E-state index in [0.29, 0.717) is 0 Å².